The maximum absolute atomic E-state index is 6.01. The molecule has 0 N–H and O–H groups in total. The van der Waals surface area contributed by atoms with Crippen LogP contribution in [0.3, 0.4) is 0 Å². The van der Waals surface area contributed by atoms with E-state index in [9.17, 15) is 0 Å². The second-order valence-corrected chi connectivity index (χ2v) is 6.18. The molecule has 0 aliphatic carbocycles. The highest BCUT2D eigenvalue weighted by atomic mass is 35.5. The molecule has 0 aliphatic heterocycles. The molecule has 3 aromatic heterocycles. The van der Waals surface area contributed by atoms with Crippen molar-refractivity contribution in [3.8, 4) is 11.3 Å². The van der Waals surface area contributed by atoms with E-state index in [4.69, 9.17) is 28.2 Å². The van der Waals surface area contributed by atoms with E-state index in [1.54, 1.807) is 6.20 Å². The van der Waals surface area contributed by atoms with Gasteiger partial charge >= 0.3 is 0 Å². The fourth-order valence-corrected chi connectivity index (χ4v) is 2.98. The maximum Gasteiger partial charge on any atom is 0.147 e. The molecule has 4 rings (SSSR count). The predicted molar refractivity (Wildman–Crippen MR) is 95.5 cm³/mol. The van der Waals surface area contributed by atoms with Gasteiger partial charge in [0.05, 0.1) is 23.3 Å². The van der Waals surface area contributed by atoms with Gasteiger partial charge in [-0.3, -0.25) is 4.98 Å². The molecule has 4 nitrogen and oxygen atoms in total. The largest absolute Gasteiger partial charge is 0.303 e. The van der Waals surface area contributed by atoms with Gasteiger partial charge in [0.15, 0.2) is 0 Å². The van der Waals surface area contributed by atoms with Crippen molar-refractivity contribution in [2.45, 2.75) is 6.42 Å². The fourth-order valence-electron chi connectivity index (χ4n) is 2.69. The molecule has 0 saturated carbocycles. The second kappa shape index (κ2) is 6.23. The number of nitrogens with zero attached hydrogens (tertiary/aromatic N) is 4. The van der Waals surface area contributed by atoms with Gasteiger partial charge in [-0.25, -0.2) is 9.97 Å². The van der Waals surface area contributed by atoms with Crippen LogP contribution in [-0.4, -0.2) is 19.4 Å². The highest BCUT2D eigenvalue weighted by Crippen LogP contribution is 2.27. The van der Waals surface area contributed by atoms with Crippen molar-refractivity contribution in [1.29, 1.82) is 0 Å². The number of hydrogen-bond acceptors (Lipinski definition) is 3. The second-order valence-electron chi connectivity index (χ2n) is 5.35. The summed E-state index contributed by atoms with van der Waals surface area (Å²) in [6, 6.07) is 13.6. The molecule has 0 amide bonds. The van der Waals surface area contributed by atoms with Crippen molar-refractivity contribution in [2.24, 2.45) is 0 Å². The quantitative estimate of drug-likeness (QED) is 0.536. The first-order valence-corrected chi connectivity index (χ1v) is 8.14. The normalized spacial score (nSPS) is 11.1. The molecule has 0 aliphatic rings. The number of fused-ring (bicyclic) bond motifs is 1. The summed E-state index contributed by atoms with van der Waals surface area (Å²) >= 11 is 12.0. The van der Waals surface area contributed by atoms with Crippen molar-refractivity contribution in [3.05, 3.63) is 82.6 Å². The summed E-state index contributed by atoms with van der Waals surface area (Å²) in [5, 5.41) is 1.08. The number of imidazole rings is 1. The first-order valence-electron chi connectivity index (χ1n) is 7.39. The van der Waals surface area contributed by atoms with Crippen molar-refractivity contribution < 1.29 is 0 Å². The Hall–Kier alpha value is -2.43. The number of halogens is 2. The summed E-state index contributed by atoms with van der Waals surface area (Å²) in [6.07, 6.45) is 5.82. The molecule has 0 fully saturated rings. The molecule has 0 saturated heterocycles. The van der Waals surface area contributed by atoms with Gasteiger partial charge in [-0.15, -0.1) is 0 Å². The van der Waals surface area contributed by atoms with E-state index in [-0.39, 0.29) is 0 Å². The molecule has 0 atom stereocenters. The minimum absolute atomic E-state index is 0.384. The van der Waals surface area contributed by atoms with Gasteiger partial charge in [0, 0.05) is 29.4 Å². The third kappa shape index (κ3) is 2.86. The fraction of sp³-hybridized carbons (Fsp3) is 0.0556. The smallest absolute Gasteiger partial charge is 0.147 e. The van der Waals surface area contributed by atoms with Crippen molar-refractivity contribution in [3.63, 3.8) is 0 Å². The molecule has 0 bridgehead atoms. The van der Waals surface area contributed by atoms with Crippen LogP contribution in [0.4, 0.5) is 0 Å². The van der Waals surface area contributed by atoms with Crippen molar-refractivity contribution >= 4 is 28.8 Å². The Morgan fingerprint density at radius 2 is 1.75 bits per heavy atom. The highest BCUT2D eigenvalue weighted by molar-refractivity contribution is 6.30. The molecule has 24 heavy (non-hydrogen) atoms. The lowest BCUT2D eigenvalue weighted by Crippen LogP contribution is -1.99. The Morgan fingerprint density at radius 1 is 0.917 bits per heavy atom. The van der Waals surface area contributed by atoms with Crippen LogP contribution in [0.2, 0.25) is 10.2 Å². The van der Waals surface area contributed by atoms with Gasteiger partial charge in [0.1, 0.15) is 10.8 Å². The summed E-state index contributed by atoms with van der Waals surface area (Å²) < 4.78 is 2.06. The molecule has 0 radical (unpaired) electrons. The van der Waals surface area contributed by atoms with E-state index in [1.165, 1.54) is 6.20 Å². The van der Waals surface area contributed by atoms with E-state index in [1.807, 2.05) is 48.7 Å². The number of rotatable bonds is 3. The van der Waals surface area contributed by atoms with Gasteiger partial charge in [-0.2, -0.15) is 0 Å². The summed E-state index contributed by atoms with van der Waals surface area (Å²) in [5.74, 6) is 0. The van der Waals surface area contributed by atoms with Crippen LogP contribution in [-0.2, 0) is 6.42 Å². The third-order valence-electron chi connectivity index (χ3n) is 3.75. The van der Waals surface area contributed by atoms with Crippen LogP contribution in [0, 0.1) is 0 Å². The van der Waals surface area contributed by atoms with Crippen molar-refractivity contribution in [2.75, 3.05) is 0 Å². The lowest BCUT2D eigenvalue weighted by molar-refractivity contribution is 0.966. The van der Waals surface area contributed by atoms with Gasteiger partial charge in [-0.1, -0.05) is 41.4 Å². The minimum atomic E-state index is 0.384. The number of aromatic nitrogens is 4. The Balaban J connectivity index is 1.88. The van der Waals surface area contributed by atoms with Crippen molar-refractivity contribution in [1.82, 2.24) is 19.4 Å². The zero-order valence-electron chi connectivity index (χ0n) is 12.5. The first-order chi connectivity index (χ1) is 11.7. The van der Waals surface area contributed by atoms with E-state index >= 15 is 0 Å². The maximum atomic E-state index is 6.01. The summed E-state index contributed by atoms with van der Waals surface area (Å²) in [6.45, 7) is 0. The van der Waals surface area contributed by atoms with E-state index in [0.29, 0.717) is 16.6 Å². The Kier molecular flexibility index (Phi) is 3.92. The number of hydrogen-bond donors (Lipinski definition) is 0. The van der Waals surface area contributed by atoms with E-state index < -0.39 is 0 Å². The monoisotopic (exact) mass is 354 g/mol. The minimum Gasteiger partial charge on any atom is -0.303 e. The molecule has 6 heteroatoms. The van der Waals surface area contributed by atoms with Gasteiger partial charge in [-0.05, 0) is 24.3 Å². The number of pyridine rings is 1. The zero-order chi connectivity index (χ0) is 16.5. The molecule has 118 valence electrons. The molecular formula is C18H12Cl2N4. The van der Waals surface area contributed by atoms with Crippen LogP contribution >= 0.6 is 23.2 Å². The zero-order valence-corrected chi connectivity index (χ0v) is 14.0. The van der Waals surface area contributed by atoms with E-state index in [0.717, 1.165) is 28.3 Å². The molecule has 4 aromatic rings. The average molecular weight is 355 g/mol. The van der Waals surface area contributed by atoms with Gasteiger partial charge in [0.25, 0.3) is 0 Å². The summed E-state index contributed by atoms with van der Waals surface area (Å²) in [5.41, 5.74) is 4.62. The molecule has 3 heterocycles. The van der Waals surface area contributed by atoms with Crippen LogP contribution in [0.15, 0.2) is 61.1 Å². The van der Waals surface area contributed by atoms with E-state index in [2.05, 4.69) is 14.4 Å². The van der Waals surface area contributed by atoms with Crippen LogP contribution < -0.4 is 0 Å². The summed E-state index contributed by atoms with van der Waals surface area (Å²) in [4.78, 5) is 13.2. The summed E-state index contributed by atoms with van der Waals surface area (Å²) in [7, 11) is 0. The van der Waals surface area contributed by atoms with Crippen LogP contribution in [0.5, 0.6) is 0 Å². The van der Waals surface area contributed by atoms with Crippen LogP contribution in [0.25, 0.3) is 16.9 Å². The average Bonchev–Trinajstić information content (AvgIpc) is 2.94. The standard InChI is InChI=1S/C18H12Cl2N4/c19-13-6-4-12(5-7-13)18-15(9-14-10-21-11-16(20)22-14)24-8-2-1-3-17(24)23-18/h1-8,10-11H,9H2. The topological polar surface area (TPSA) is 43.1 Å². The Bertz CT molecular complexity index is 1010. The molecule has 0 spiro atoms. The lowest BCUT2D eigenvalue weighted by Gasteiger charge is -2.05. The highest BCUT2D eigenvalue weighted by Gasteiger charge is 2.15. The van der Waals surface area contributed by atoms with Gasteiger partial charge in [0.2, 0.25) is 0 Å². The Labute approximate surface area is 148 Å². The van der Waals surface area contributed by atoms with Crippen LogP contribution in [0.1, 0.15) is 11.4 Å². The predicted octanol–water partition coefficient (Wildman–Crippen LogP) is 4.69. The first kappa shape index (κ1) is 15.1. The lowest BCUT2D eigenvalue weighted by atomic mass is 10.1. The SMILES string of the molecule is Clc1ccc(-c2nc3ccccn3c2Cc2cncc(Cl)n2)cc1. The molecular weight excluding hydrogens is 343 g/mol. The third-order valence-corrected chi connectivity index (χ3v) is 4.18. The number of benzene rings is 1. The molecule has 1 aromatic carbocycles. The molecule has 0 unspecified atom stereocenters. The Morgan fingerprint density at radius 3 is 2.54 bits per heavy atom. The van der Waals surface area contributed by atoms with Gasteiger partial charge < -0.3 is 4.40 Å².